The summed E-state index contributed by atoms with van der Waals surface area (Å²) in [4.78, 5) is 22.4. The Morgan fingerprint density at radius 2 is 1.85 bits per heavy atom. The first-order valence-electron chi connectivity index (χ1n) is 6.58. The van der Waals surface area contributed by atoms with Crippen molar-refractivity contribution in [2.24, 2.45) is 5.92 Å². The van der Waals surface area contributed by atoms with E-state index < -0.39 is 11.9 Å². The van der Waals surface area contributed by atoms with E-state index in [0.717, 1.165) is 0 Å². The molecule has 1 atom stereocenters. The molecule has 5 heteroatoms. The van der Waals surface area contributed by atoms with Gasteiger partial charge in [0.2, 0.25) is 5.91 Å². The van der Waals surface area contributed by atoms with Gasteiger partial charge in [-0.25, -0.2) is 0 Å². The molecule has 20 heavy (non-hydrogen) atoms. The number of benzene rings is 1. The molecule has 1 aromatic carbocycles. The van der Waals surface area contributed by atoms with Gasteiger partial charge >= 0.3 is 0 Å². The summed E-state index contributed by atoms with van der Waals surface area (Å²) in [5.74, 6) is -1.45. The summed E-state index contributed by atoms with van der Waals surface area (Å²) in [6.45, 7) is 4.69. The summed E-state index contributed by atoms with van der Waals surface area (Å²) in [7, 11) is 1.47. The van der Waals surface area contributed by atoms with Gasteiger partial charge in [-0.15, -0.1) is 0 Å². The van der Waals surface area contributed by atoms with Gasteiger partial charge < -0.3 is 20.0 Å². The third kappa shape index (κ3) is 4.91. The SMILES string of the molecule is CNC(=O)C[C@@H](C(=O)[O-])c1ccc(OCC(C)C)cc1. The van der Waals surface area contributed by atoms with E-state index in [0.29, 0.717) is 23.8 Å². The predicted octanol–water partition coefficient (Wildman–Crippen LogP) is 0.691. The molecule has 1 aromatic rings. The van der Waals surface area contributed by atoms with Gasteiger partial charge in [-0.1, -0.05) is 26.0 Å². The monoisotopic (exact) mass is 278 g/mol. The van der Waals surface area contributed by atoms with Crippen LogP contribution in [0.2, 0.25) is 0 Å². The minimum absolute atomic E-state index is 0.134. The maximum absolute atomic E-state index is 11.3. The van der Waals surface area contributed by atoms with E-state index in [-0.39, 0.29) is 12.3 Å². The summed E-state index contributed by atoms with van der Waals surface area (Å²) in [5.41, 5.74) is 0.533. The number of aliphatic carboxylic acids is 1. The number of carbonyl (C=O) groups is 2. The molecule has 0 spiro atoms. The zero-order valence-corrected chi connectivity index (χ0v) is 12.0. The van der Waals surface area contributed by atoms with Crippen molar-refractivity contribution in [3.63, 3.8) is 0 Å². The van der Waals surface area contributed by atoms with Crippen LogP contribution in [0.1, 0.15) is 31.7 Å². The largest absolute Gasteiger partial charge is 0.549 e. The van der Waals surface area contributed by atoms with Crippen LogP contribution in [0.25, 0.3) is 0 Å². The molecule has 0 aliphatic heterocycles. The maximum atomic E-state index is 11.3. The van der Waals surface area contributed by atoms with Crippen LogP contribution >= 0.6 is 0 Å². The van der Waals surface area contributed by atoms with Crippen LogP contribution in [0, 0.1) is 5.92 Å². The molecule has 0 bridgehead atoms. The van der Waals surface area contributed by atoms with Crippen molar-refractivity contribution in [3.8, 4) is 5.75 Å². The van der Waals surface area contributed by atoms with Crippen LogP contribution in [0.3, 0.4) is 0 Å². The van der Waals surface area contributed by atoms with Gasteiger partial charge in [-0.2, -0.15) is 0 Å². The number of rotatable bonds is 7. The number of carboxylic acid groups (broad SMARTS) is 1. The summed E-state index contributed by atoms with van der Waals surface area (Å²) in [6.07, 6.45) is -0.134. The van der Waals surface area contributed by atoms with Crippen molar-refractivity contribution < 1.29 is 19.4 Å². The Kier molecular flexibility index (Phi) is 6.03. The third-order valence-electron chi connectivity index (χ3n) is 2.82. The highest BCUT2D eigenvalue weighted by molar-refractivity contribution is 5.84. The van der Waals surface area contributed by atoms with Crippen LogP contribution < -0.4 is 15.2 Å². The molecule has 0 radical (unpaired) electrons. The summed E-state index contributed by atoms with van der Waals surface area (Å²) in [6, 6.07) is 6.72. The van der Waals surface area contributed by atoms with Gasteiger partial charge in [0.1, 0.15) is 5.75 Å². The smallest absolute Gasteiger partial charge is 0.220 e. The second-order valence-electron chi connectivity index (χ2n) is 5.02. The molecule has 0 fully saturated rings. The molecule has 1 N–H and O–H groups in total. The van der Waals surface area contributed by atoms with Crippen molar-refractivity contribution in [1.29, 1.82) is 0 Å². The van der Waals surface area contributed by atoms with E-state index in [1.807, 2.05) is 13.8 Å². The summed E-state index contributed by atoms with van der Waals surface area (Å²) < 4.78 is 5.52. The van der Waals surface area contributed by atoms with E-state index in [1.165, 1.54) is 7.05 Å². The lowest BCUT2D eigenvalue weighted by Crippen LogP contribution is -2.33. The van der Waals surface area contributed by atoms with E-state index in [2.05, 4.69) is 5.32 Å². The molecule has 110 valence electrons. The molecule has 1 rings (SSSR count). The number of carboxylic acids is 1. The van der Waals surface area contributed by atoms with Crippen molar-refractivity contribution in [2.45, 2.75) is 26.2 Å². The van der Waals surface area contributed by atoms with Crippen LogP contribution in [-0.4, -0.2) is 25.5 Å². The van der Waals surface area contributed by atoms with Crippen LogP contribution in [0.5, 0.6) is 5.75 Å². The van der Waals surface area contributed by atoms with Gasteiger partial charge in [0.25, 0.3) is 0 Å². The van der Waals surface area contributed by atoms with Gasteiger partial charge in [0, 0.05) is 25.4 Å². The van der Waals surface area contributed by atoms with Crippen molar-refractivity contribution in [1.82, 2.24) is 5.32 Å². The maximum Gasteiger partial charge on any atom is 0.220 e. The normalized spacial score (nSPS) is 12.0. The second kappa shape index (κ2) is 7.53. The van der Waals surface area contributed by atoms with Crippen molar-refractivity contribution >= 4 is 11.9 Å². The lowest BCUT2D eigenvalue weighted by atomic mass is 9.95. The van der Waals surface area contributed by atoms with E-state index in [9.17, 15) is 14.7 Å². The Morgan fingerprint density at radius 1 is 1.25 bits per heavy atom. The van der Waals surface area contributed by atoms with Crippen molar-refractivity contribution in [3.05, 3.63) is 29.8 Å². The molecular weight excluding hydrogens is 258 g/mol. The van der Waals surface area contributed by atoms with Crippen LogP contribution in [-0.2, 0) is 9.59 Å². The van der Waals surface area contributed by atoms with E-state index in [4.69, 9.17) is 4.74 Å². The van der Waals surface area contributed by atoms with Gasteiger partial charge in [-0.3, -0.25) is 4.79 Å². The highest BCUT2D eigenvalue weighted by Crippen LogP contribution is 2.22. The topological polar surface area (TPSA) is 78.5 Å². The zero-order valence-electron chi connectivity index (χ0n) is 12.0. The van der Waals surface area contributed by atoms with E-state index >= 15 is 0 Å². The Balaban J connectivity index is 2.77. The lowest BCUT2D eigenvalue weighted by Gasteiger charge is -2.18. The van der Waals surface area contributed by atoms with Gasteiger partial charge in [0.05, 0.1) is 6.61 Å². The molecular formula is C15H20NO4-. The number of ether oxygens (including phenoxy) is 1. The minimum Gasteiger partial charge on any atom is -0.549 e. The van der Waals surface area contributed by atoms with Crippen LogP contribution in [0.15, 0.2) is 24.3 Å². The first-order chi connectivity index (χ1) is 9.43. The molecule has 0 aliphatic carbocycles. The average molecular weight is 278 g/mol. The highest BCUT2D eigenvalue weighted by atomic mass is 16.5. The Bertz CT molecular complexity index is 453. The fourth-order valence-corrected chi connectivity index (χ4v) is 1.68. The molecule has 0 heterocycles. The fourth-order valence-electron chi connectivity index (χ4n) is 1.68. The number of carbonyl (C=O) groups excluding carboxylic acids is 2. The lowest BCUT2D eigenvalue weighted by molar-refractivity contribution is -0.308. The average Bonchev–Trinajstić information content (AvgIpc) is 2.42. The summed E-state index contributed by atoms with van der Waals surface area (Å²) in [5, 5.41) is 13.5. The predicted molar refractivity (Wildman–Crippen MR) is 73.2 cm³/mol. The van der Waals surface area contributed by atoms with Gasteiger partial charge in [-0.05, 0) is 23.6 Å². The Morgan fingerprint density at radius 3 is 2.30 bits per heavy atom. The number of hydrogen-bond acceptors (Lipinski definition) is 4. The number of amides is 1. The third-order valence-corrected chi connectivity index (χ3v) is 2.82. The molecule has 0 unspecified atom stereocenters. The van der Waals surface area contributed by atoms with Crippen molar-refractivity contribution in [2.75, 3.05) is 13.7 Å². The molecule has 1 amide bonds. The number of hydrogen-bond donors (Lipinski definition) is 1. The first-order valence-corrected chi connectivity index (χ1v) is 6.58. The quantitative estimate of drug-likeness (QED) is 0.796. The highest BCUT2D eigenvalue weighted by Gasteiger charge is 2.16. The standard InChI is InChI=1S/C15H21NO4/c1-10(2)9-20-12-6-4-11(5-7-12)13(15(18)19)8-14(17)16-3/h4-7,10,13H,8-9H2,1-3H3,(H,16,17)(H,18,19)/p-1/t13-/m1/s1. The minimum atomic E-state index is -1.26. The summed E-state index contributed by atoms with van der Waals surface area (Å²) >= 11 is 0. The molecule has 0 aliphatic rings. The van der Waals surface area contributed by atoms with E-state index in [1.54, 1.807) is 24.3 Å². The Hall–Kier alpha value is -2.04. The van der Waals surface area contributed by atoms with Gasteiger partial charge in [0.15, 0.2) is 0 Å². The molecule has 5 nitrogen and oxygen atoms in total. The Labute approximate surface area is 118 Å². The number of nitrogens with one attached hydrogen (secondary N) is 1. The molecule has 0 saturated heterocycles. The van der Waals surface area contributed by atoms with Crippen LogP contribution in [0.4, 0.5) is 0 Å². The first kappa shape index (κ1) is 16.0. The molecule has 0 aromatic heterocycles. The zero-order chi connectivity index (χ0) is 15.1. The fraction of sp³-hybridized carbons (Fsp3) is 0.467. The second-order valence-corrected chi connectivity index (χ2v) is 5.02. The molecule has 0 saturated carbocycles.